The summed E-state index contributed by atoms with van der Waals surface area (Å²) in [6, 6.07) is 9.62. The van der Waals surface area contributed by atoms with E-state index in [0.717, 1.165) is 5.56 Å². The van der Waals surface area contributed by atoms with Gasteiger partial charge in [-0.1, -0.05) is 30.3 Å². The highest BCUT2D eigenvalue weighted by molar-refractivity contribution is 5.71. The first-order valence-electron chi connectivity index (χ1n) is 5.69. The van der Waals surface area contributed by atoms with Crippen LogP contribution in [-0.4, -0.2) is 27.8 Å². The van der Waals surface area contributed by atoms with E-state index < -0.39 is 0 Å². The van der Waals surface area contributed by atoms with Crippen LogP contribution >= 0.6 is 0 Å². The van der Waals surface area contributed by atoms with Crippen molar-refractivity contribution in [2.45, 2.75) is 13.3 Å². The molecular weight excluding hydrogens is 230 g/mol. The van der Waals surface area contributed by atoms with Crippen LogP contribution < -0.4 is 0 Å². The van der Waals surface area contributed by atoms with E-state index in [2.05, 4.69) is 15.2 Å². The zero-order valence-corrected chi connectivity index (χ0v) is 10.0. The average molecular weight is 243 g/mol. The first kappa shape index (κ1) is 12.2. The van der Waals surface area contributed by atoms with E-state index in [1.54, 1.807) is 13.1 Å². The number of hydrogen-bond donors (Lipinski definition) is 0. The van der Waals surface area contributed by atoms with Gasteiger partial charge in [-0.25, -0.2) is 4.98 Å². The van der Waals surface area contributed by atoms with Crippen molar-refractivity contribution in [2.24, 2.45) is 0 Å². The normalized spacial score (nSPS) is 10.1. The van der Waals surface area contributed by atoms with Gasteiger partial charge in [-0.05, 0) is 6.92 Å². The molecule has 0 fully saturated rings. The minimum atomic E-state index is -0.343. The number of rotatable bonds is 4. The molecule has 0 unspecified atom stereocenters. The lowest BCUT2D eigenvalue weighted by Gasteiger charge is -2.03. The van der Waals surface area contributed by atoms with Crippen molar-refractivity contribution in [3.63, 3.8) is 0 Å². The van der Waals surface area contributed by atoms with Gasteiger partial charge < -0.3 is 4.74 Å². The van der Waals surface area contributed by atoms with E-state index >= 15 is 0 Å². The second-order valence-corrected chi connectivity index (χ2v) is 3.61. The second-order valence-electron chi connectivity index (χ2n) is 3.61. The Morgan fingerprint density at radius 2 is 2.06 bits per heavy atom. The molecule has 0 aliphatic carbocycles. The third-order valence-corrected chi connectivity index (χ3v) is 2.28. The Morgan fingerprint density at radius 3 is 2.78 bits per heavy atom. The quantitative estimate of drug-likeness (QED) is 0.764. The molecule has 1 heterocycles. The van der Waals surface area contributed by atoms with Crippen LogP contribution in [0.15, 0.2) is 36.5 Å². The Morgan fingerprint density at radius 1 is 1.28 bits per heavy atom. The highest BCUT2D eigenvalue weighted by Crippen LogP contribution is 2.14. The molecular formula is C13H13N3O2. The van der Waals surface area contributed by atoms with Crippen LogP contribution in [-0.2, 0) is 16.0 Å². The average Bonchev–Trinajstić information content (AvgIpc) is 2.40. The lowest BCUT2D eigenvalue weighted by Crippen LogP contribution is -2.11. The van der Waals surface area contributed by atoms with Crippen molar-refractivity contribution in [2.75, 3.05) is 6.61 Å². The van der Waals surface area contributed by atoms with E-state index in [9.17, 15) is 4.79 Å². The van der Waals surface area contributed by atoms with Crippen molar-refractivity contribution in [3.05, 3.63) is 42.4 Å². The summed E-state index contributed by atoms with van der Waals surface area (Å²) in [5.41, 5.74) is 1.64. The molecule has 1 aromatic carbocycles. The summed E-state index contributed by atoms with van der Waals surface area (Å²) >= 11 is 0. The van der Waals surface area contributed by atoms with E-state index in [0.29, 0.717) is 18.1 Å². The van der Waals surface area contributed by atoms with Gasteiger partial charge in [0, 0.05) is 5.56 Å². The van der Waals surface area contributed by atoms with Crippen molar-refractivity contribution < 1.29 is 9.53 Å². The van der Waals surface area contributed by atoms with Gasteiger partial charge in [-0.2, -0.15) is 5.10 Å². The van der Waals surface area contributed by atoms with E-state index in [1.165, 1.54) is 0 Å². The van der Waals surface area contributed by atoms with Crippen LogP contribution in [0.4, 0.5) is 0 Å². The van der Waals surface area contributed by atoms with E-state index in [1.807, 2.05) is 30.3 Å². The van der Waals surface area contributed by atoms with Gasteiger partial charge >= 0.3 is 5.97 Å². The molecule has 0 spiro atoms. The number of ether oxygens (including phenoxy) is 1. The van der Waals surface area contributed by atoms with Gasteiger partial charge in [0.05, 0.1) is 18.5 Å². The zero-order chi connectivity index (χ0) is 12.8. The first-order chi connectivity index (χ1) is 8.79. The molecule has 0 amide bonds. The predicted molar refractivity (Wildman–Crippen MR) is 65.6 cm³/mol. The molecule has 0 bridgehead atoms. The monoisotopic (exact) mass is 243 g/mol. The minimum Gasteiger partial charge on any atom is -0.466 e. The number of esters is 1. The predicted octanol–water partition coefficient (Wildman–Crippen LogP) is 1.64. The maximum Gasteiger partial charge on any atom is 0.313 e. The van der Waals surface area contributed by atoms with Gasteiger partial charge in [0.1, 0.15) is 6.42 Å². The molecule has 0 saturated carbocycles. The number of carbonyl (C=O) groups is 1. The first-order valence-corrected chi connectivity index (χ1v) is 5.69. The summed E-state index contributed by atoms with van der Waals surface area (Å²) in [4.78, 5) is 15.6. The number of hydrogen-bond acceptors (Lipinski definition) is 5. The van der Waals surface area contributed by atoms with Crippen LogP contribution in [0, 0.1) is 0 Å². The number of aromatic nitrogens is 3. The van der Waals surface area contributed by atoms with Crippen molar-refractivity contribution in [1.82, 2.24) is 15.2 Å². The zero-order valence-electron chi connectivity index (χ0n) is 10.0. The fraction of sp³-hybridized carbons (Fsp3) is 0.231. The maximum absolute atomic E-state index is 11.3. The SMILES string of the molecule is CCOC(=O)Cc1nncc(-c2ccccc2)n1. The number of carbonyl (C=O) groups excluding carboxylic acids is 1. The van der Waals surface area contributed by atoms with Crippen molar-refractivity contribution in [1.29, 1.82) is 0 Å². The van der Waals surface area contributed by atoms with Gasteiger partial charge in [0.25, 0.3) is 0 Å². The lowest BCUT2D eigenvalue weighted by molar-refractivity contribution is -0.142. The fourth-order valence-corrected chi connectivity index (χ4v) is 1.50. The molecule has 18 heavy (non-hydrogen) atoms. The molecule has 0 radical (unpaired) electrons. The third kappa shape index (κ3) is 3.10. The number of benzene rings is 1. The third-order valence-electron chi connectivity index (χ3n) is 2.28. The molecule has 0 saturated heterocycles. The molecule has 0 aliphatic rings. The fourth-order valence-electron chi connectivity index (χ4n) is 1.50. The molecule has 92 valence electrons. The maximum atomic E-state index is 11.3. The van der Waals surface area contributed by atoms with Gasteiger partial charge in [0.2, 0.25) is 0 Å². The van der Waals surface area contributed by atoms with Gasteiger partial charge in [-0.3, -0.25) is 4.79 Å². The number of nitrogens with zero attached hydrogens (tertiary/aromatic N) is 3. The van der Waals surface area contributed by atoms with Crippen molar-refractivity contribution >= 4 is 5.97 Å². The van der Waals surface area contributed by atoms with Crippen LogP contribution in [0.5, 0.6) is 0 Å². The van der Waals surface area contributed by atoms with Gasteiger partial charge in [0.15, 0.2) is 5.82 Å². The van der Waals surface area contributed by atoms with E-state index in [-0.39, 0.29) is 12.4 Å². The van der Waals surface area contributed by atoms with Crippen molar-refractivity contribution in [3.8, 4) is 11.3 Å². The highest BCUT2D eigenvalue weighted by atomic mass is 16.5. The Hall–Kier alpha value is -2.30. The molecule has 1 aromatic heterocycles. The summed E-state index contributed by atoms with van der Waals surface area (Å²) in [5.74, 6) is 0.0271. The molecule has 0 aliphatic heterocycles. The summed E-state index contributed by atoms with van der Waals surface area (Å²) in [7, 11) is 0. The van der Waals surface area contributed by atoms with Crippen LogP contribution in [0.3, 0.4) is 0 Å². The Balaban J connectivity index is 2.18. The largest absolute Gasteiger partial charge is 0.466 e. The molecule has 0 atom stereocenters. The summed E-state index contributed by atoms with van der Waals surface area (Å²) in [6.45, 7) is 2.11. The van der Waals surface area contributed by atoms with E-state index in [4.69, 9.17) is 4.74 Å². The molecule has 5 nitrogen and oxygen atoms in total. The summed E-state index contributed by atoms with van der Waals surface area (Å²) in [5, 5.41) is 7.68. The molecule has 2 aromatic rings. The Labute approximate surface area is 105 Å². The molecule has 2 rings (SSSR count). The Bertz CT molecular complexity index is 529. The smallest absolute Gasteiger partial charge is 0.313 e. The summed E-state index contributed by atoms with van der Waals surface area (Å²) < 4.78 is 4.84. The van der Waals surface area contributed by atoms with Gasteiger partial charge in [-0.15, -0.1) is 5.10 Å². The summed E-state index contributed by atoms with van der Waals surface area (Å²) in [6.07, 6.45) is 1.62. The standard InChI is InChI=1S/C13H13N3O2/c1-2-18-13(17)8-12-15-11(9-14-16-12)10-6-4-3-5-7-10/h3-7,9H,2,8H2,1H3. The molecule has 0 N–H and O–H groups in total. The molecule has 5 heteroatoms. The topological polar surface area (TPSA) is 65.0 Å². The minimum absolute atomic E-state index is 0.0432. The van der Waals surface area contributed by atoms with Crippen LogP contribution in [0.2, 0.25) is 0 Å². The Kier molecular flexibility index (Phi) is 3.96. The highest BCUT2D eigenvalue weighted by Gasteiger charge is 2.08. The lowest BCUT2D eigenvalue weighted by atomic mass is 10.2. The van der Waals surface area contributed by atoms with Crippen LogP contribution in [0.25, 0.3) is 11.3 Å². The second kappa shape index (κ2) is 5.86. The van der Waals surface area contributed by atoms with Crippen LogP contribution in [0.1, 0.15) is 12.7 Å².